The Hall–Kier alpha value is -1.64. The van der Waals surface area contributed by atoms with Gasteiger partial charge in [0.2, 0.25) is 0 Å². The van der Waals surface area contributed by atoms with E-state index in [1.165, 1.54) is 5.56 Å². The van der Waals surface area contributed by atoms with E-state index < -0.39 is 0 Å². The first-order valence-corrected chi connectivity index (χ1v) is 7.28. The number of benzene rings is 1. The van der Waals surface area contributed by atoms with Crippen LogP contribution in [-0.4, -0.2) is 11.6 Å². The molecule has 110 valence electrons. The smallest absolute Gasteiger partial charge is 0.267 e. The van der Waals surface area contributed by atoms with Gasteiger partial charge >= 0.3 is 0 Å². The number of hydrogen-bond acceptors (Lipinski definition) is 2. The number of unbranched alkanes of at least 4 members (excludes halogenated alkanes) is 1. The highest BCUT2D eigenvalue weighted by Crippen LogP contribution is 2.22. The third kappa shape index (κ3) is 5.16. The third-order valence-electron chi connectivity index (χ3n) is 3.25. The number of rotatable bonds is 5. The molecule has 0 spiro atoms. The average Bonchev–Trinajstić information content (AvgIpc) is 2.41. The summed E-state index contributed by atoms with van der Waals surface area (Å²) in [5, 5.41) is 4.13. The van der Waals surface area contributed by atoms with Crippen LogP contribution in [0.3, 0.4) is 0 Å². The molecule has 0 aromatic heterocycles. The Morgan fingerprint density at radius 3 is 2.30 bits per heavy atom. The molecule has 0 saturated heterocycles. The molecule has 20 heavy (non-hydrogen) atoms. The summed E-state index contributed by atoms with van der Waals surface area (Å²) in [6, 6.07) is 7.71. The molecule has 1 N–H and O–H groups in total. The molecule has 0 saturated carbocycles. The topological polar surface area (TPSA) is 41.5 Å². The van der Waals surface area contributed by atoms with Gasteiger partial charge in [0.15, 0.2) is 0 Å². The van der Waals surface area contributed by atoms with Crippen LogP contribution in [0.1, 0.15) is 69.8 Å². The largest absolute Gasteiger partial charge is 0.271 e. The highest BCUT2D eigenvalue weighted by molar-refractivity contribution is 5.95. The van der Waals surface area contributed by atoms with E-state index in [4.69, 9.17) is 0 Å². The quantitative estimate of drug-likeness (QED) is 0.632. The van der Waals surface area contributed by atoms with E-state index in [0.29, 0.717) is 5.56 Å². The summed E-state index contributed by atoms with van der Waals surface area (Å²) in [5.74, 6) is -0.152. The Balaban J connectivity index is 2.65. The zero-order valence-corrected chi connectivity index (χ0v) is 13.3. The van der Waals surface area contributed by atoms with Crippen molar-refractivity contribution in [2.45, 2.75) is 59.3 Å². The van der Waals surface area contributed by atoms with E-state index in [1.54, 1.807) is 0 Å². The van der Waals surface area contributed by atoms with Crippen molar-refractivity contribution < 1.29 is 4.79 Å². The van der Waals surface area contributed by atoms with Crippen molar-refractivity contribution in [3.63, 3.8) is 0 Å². The Bertz CT molecular complexity index is 467. The molecular formula is C17H26N2O. The number of nitrogens with zero attached hydrogens (tertiary/aromatic N) is 1. The lowest BCUT2D eigenvalue weighted by Crippen LogP contribution is -2.19. The first kappa shape index (κ1) is 16.4. The van der Waals surface area contributed by atoms with Crippen molar-refractivity contribution >= 4 is 11.6 Å². The van der Waals surface area contributed by atoms with Crippen molar-refractivity contribution in [1.29, 1.82) is 0 Å². The lowest BCUT2D eigenvalue weighted by molar-refractivity contribution is 0.0954. The fourth-order valence-electron chi connectivity index (χ4n) is 1.82. The molecule has 0 unspecified atom stereocenters. The van der Waals surface area contributed by atoms with Gasteiger partial charge < -0.3 is 0 Å². The number of carbonyl (C=O) groups is 1. The van der Waals surface area contributed by atoms with Crippen molar-refractivity contribution in [2.75, 3.05) is 0 Å². The summed E-state index contributed by atoms with van der Waals surface area (Å²) in [4.78, 5) is 12.0. The van der Waals surface area contributed by atoms with Crippen LogP contribution < -0.4 is 5.43 Å². The van der Waals surface area contributed by atoms with Crippen LogP contribution in [0.15, 0.2) is 29.4 Å². The summed E-state index contributed by atoms with van der Waals surface area (Å²) < 4.78 is 0. The molecule has 0 aliphatic carbocycles. The monoisotopic (exact) mass is 274 g/mol. The molecule has 0 heterocycles. The first-order chi connectivity index (χ1) is 9.34. The number of carbonyl (C=O) groups excluding carboxylic acids is 1. The minimum atomic E-state index is -0.152. The van der Waals surface area contributed by atoms with Crippen molar-refractivity contribution in [2.24, 2.45) is 5.10 Å². The van der Waals surface area contributed by atoms with Crippen LogP contribution in [0.5, 0.6) is 0 Å². The van der Waals surface area contributed by atoms with Gasteiger partial charge in [0, 0.05) is 11.3 Å². The van der Waals surface area contributed by atoms with Crippen LogP contribution in [-0.2, 0) is 5.41 Å². The Morgan fingerprint density at radius 1 is 1.20 bits per heavy atom. The molecule has 3 heteroatoms. The van der Waals surface area contributed by atoms with E-state index in [-0.39, 0.29) is 11.3 Å². The molecule has 1 aromatic carbocycles. The number of amides is 1. The Labute approximate surface area is 122 Å². The van der Waals surface area contributed by atoms with Gasteiger partial charge in [-0.2, -0.15) is 5.10 Å². The van der Waals surface area contributed by atoms with E-state index in [2.05, 4.69) is 38.2 Å². The number of hydrogen-bond donors (Lipinski definition) is 1. The molecule has 0 bridgehead atoms. The lowest BCUT2D eigenvalue weighted by atomic mass is 9.87. The molecule has 0 fully saturated rings. The van der Waals surface area contributed by atoms with Crippen LogP contribution >= 0.6 is 0 Å². The van der Waals surface area contributed by atoms with Gasteiger partial charge in [0.05, 0.1) is 0 Å². The van der Waals surface area contributed by atoms with Gasteiger partial charge in [-0.15, -0.1) is 0 Å². The normalized spacial score (nSPS) is 12.3. The molecule has 0 atom stereocenters. The second-order valence-electron chi connectivity index (χ2n) is 6.22. The molecule has 3 nitrogen and oxygen atoms in total. The molecule has 1 rings (SSSR count). The maximum Gasteiger partial charge on any atom is 0.271 e. The molecule has 1 aromatic rings. The van der Waals surface area contributed by atoms with Crippen LogP contribution in [0.4, 0.5) is 0 Å². The van der Waals surface area contributed by atoms with Gasteiger partial charge in [-0.3, -0.25) is 4.79 Å². The van der Waals surface area contributed by atoms with Crippen LogP contribution in [0.25, 0.3) is 0 Å². The van der Waals surface area contributed by atoms with Crippen molar-refractivity contribution in [3.8, 4) is 0 Å². The second kappa shape index (κ2) is 7.22. The Morgan fingerprint density at radius 2 is 1.80 bits per heavy atom. The maximum atomic E-state index is 12.0. The minimum Gasteiger partial charge on any atom is -0.267 e. The summed E-state index contributed by atoms with van der Waals surface area (Å²) in [6.07, 6.45) is 3.17. The molecule has 1 amide bonds. The van der Waals surface area contributed by atoms with Gasteiger partial charge in [-0.05, 0) is 42.9 Å². The summed E-state index contributed by atoms with van der Waals surface area (Å²) in [6.45, 7) is 10.6. The summed E-state index contributed by atoms with van der Waals surface area (Å²) in [5.41, 5.74) is 5.54. The van der Waals surface area contributed by atoms with E-state index in [0.717, 1.165) is 25.0 Å². The van der Waals surface area contributed by atoms with Crippen molar-refractivity contribution in [1.82, 2.24) is 5.43 Å². The Kier molecular flexibility index (Phi) is 5.93. The molecule has 0 radical (unpaired) electrons. The van der Waals surface area contributed by atoms with Crippen LogP contribution in [0, 0.1) is 0 Å². The van der Waals surface area contributed by atoms with E-state index in [9.17, 15) is 4.79 Å². The highest BCUT2D eigenvalue weighted by atomic mass is 16.2. The SMILES string of the molecule is CCCC/C(C)=N/NC(=O)c1ccc(C(C)(C)C)cc1. The fourth-order valence-corrected chi connectivity index (χ4v) is 1.82. The van der Waals surface area contributed by atoms with Gasteiger partial charge in [0.1, 0.15) is 0 Å². The highest BCUT2D eigenvalue weighted by Gasteiger charge is 2.14. The number of nitrogens with one attached hydrogen (secondary N) is 1. The summed E-state index contributed by atoms with van der Waals surface area (Å²) >= 11 is 0. The van der Waals surface area contributed by atoms with Gasteiger partial charge in [0.25, 0.3) is 5.91 Å². The fraction of sp³-hybridized carbons (Fsp3) is 0.529. The summed E-state index contributed by atoms with van der Waals surface area (Å²) in [7, 11) is 0. The van der Waals surface area contributed by atoms with Gasteiger partial charge in [-0.25, -0.2) is 5.43 Å². The first-order valence-electron chi connectivity index (χ1n) is 7.28. The van der Waals surface area contributed by atoms with Crippen LogP contribution in [0.2, 0.25) is 0 Å². The maximum absolute atomic E-state index is 12.0. The lowest BCUT2D eigenvalue weighted by Gasteiger charge is -2.18. The van der Waals surface area contributed by atoms with Crippen molar-refractivity contribution in [3.05, 3.63) is 35.4 Å². The molecule has 0 aliphatic heterocycles. The predicted octanol–water partition coefficient (Wildman–Crippen LogP) is 4.28. The molecular weight excluding hydrogens is 248 g/mol. The minimum absolute atomic E-state index is 0.101. The average molecular weight is 274 g/mol. The molecule has 0 aliphatic rings. The second-order valence-corrected chi connectivity index (χ2v) is 6.22. The predicted molar refractivity (Wildman–Crippen MR) is 85.2 cm³/mol. The van der Waals surface area contributed by atoms with E-state index in [1.807, 2.05) is 31.2 Å². The number of hydrazone groups is 1. The zero-order chi connectivity index (χ0) is 15.2. The van der Waals surface area contributed by atoms with E-state index >= 15 is 0 Å². The standard InChI is InChI=1S/C17H26N2O/c1-6-7-8-13(2)18-19-16(20)14-9-11-15(12-10-14)17(3,4)5/h9-12H,6-8H2,1-5H3,(H,19,20)/b18-13+. The van der Waals surface area contributed by atoms with Gasteiger partial charge in [-0.1, -0.05) is 46.2 Å². The zero-order valence-electron chi connectivity index (χ0n) is 13.3. The third-order valence-corrected chi connectivity index (χ3v) is 3.25.